The van der Waals surface area contributed by atoms with Crippen LogP contribution in [0.5, 0.6) is 5.75 Å². The third-order valence-corrected chi connectivity index (χ3v) is 2.77. The maximum absolute atomic E-state index is 11.1. The molecule has 116 valence electrons. The predicted octanol–water partition coefficient (Wildman–Crippen LogP) is 1.86. The second kappa shape index (κ2) is 7.29. The summed E-state index contributed by atoms with van der Waals surface area (Å²) in [5.41, 5.74) is -3.26. The SMILES string of the molecule is O=[N+]([O-])c1cc([N+](=O)[O-])c([O-])c([N+](=O)[O-])c1.[Fe+][C]1=CC=CC1. The molecule has 0 fully saturated rings. The molecule has 2 rings (SSSR count). The van der Waals surface area contributed by atoms with Crippen LogP contribution in [-0.4, -0.2) is 14.8 Å². The van der Waals surface area contributed by atoms with Crippen LogP contribution in [0.4, 0.5) is 17.1 Å². The van der Waals surface area contributed by atoms with Crippen LogP contribution in [0.2, 0.25) is 0 Å². The average Bonchev–Trinajstić information content (AvgIpc) is 2.89. The molecule has 1 aliphatic rings. The Balaban J connectivity index is 0.000000335. The molecule has 0 spiro atoms. The number of non-ortho nitro benzene ring substituents is 1. The fourth-order valence-electron chi connectivity index (χ4n) is 1.38. The molecule has 22 heavy (non-hydrogen) atoms. The summed E-state index contributed by atoms with van der Waals surface area (Å²) in [7, 11) is 0. The van der Waals surface area contributed by atoms with Gasteiger partial charge in [-0.25, -0.2) is 0 Å². The Morgan fingerprint density at radius 3 is 1.68 bits per heavy atom. The van der Waals surface area contributed by atoms with E-state index >= 15 is 0 Å². The number of rotatable bonds is 3. The Labute approximate surface area is 131 Å². The number of benzene rings is 1. The summed E-state index contributed by atoms with van der Waals surface area (Å²) in [6.45, 7) is 0. The molecule has 0 radical (unpaired) electrons. The van der Waals surface area contributed by atoms with Gasteiger partial charge in [-0.15, -0.1) is 0 Å². The molecule has 10 nitrogen and oxygen atoms in total. The molecule has 0 amide bonds. The summed E-state index contributed by atoms with van der Waals surface area (Å²) in [5.74, 6) is -1.46. The molecule has 0 atom stereocenters. The summed E-state index contributed by atoms with van der Waals surface area (Å²) in [6.07, 6.45) is 7.21. The molecule has 0 heterocycles. The van der Waals surface area contributed by atoms with Crippen molar-refractivity contribution in [1.29, 1.82) is 0 Å². The Kier molecular flexibility index (Phi) is 5.72. The van der Waals surface area contributed by atoms with Crippen molar-refractivity contribution in [2.24, 2.45) is 0 Å². The number of allylic oxidation sites excluding steroid dienone is 4. The third kappa shape index (κ3) is 4.36. The van der Waals surface area contributed by atoms with E-state index in [9.17, 15) is 35.4 Å². The summed E-state index contributed by atoms with van der Waals surface area (Å²) in [6, 6.07) is 0.769. The monoisotopic (exact) mass is 349 g/mol. The zero-order valence-electron chi connectivity index (χ0n) is 10.6. The van der Waals surface area contributed by atoms with Crippen LogP contribution in [0.1, 0.15) is 6.42 Å². The van der Waals surface area contributed by atoms with E-state index in [1.54, 1.807) is 0 Å². The summed E-state index contributed by atoms with van der Waals surface area (Å²) < 4.78 is 1.22. The standard InChI is InChI=1S/C6H3N3O7.C5H5.Fe/c10-6-4(8(13)14)1-3(7(11)12)2-5(6)9(15)16;1-2-4-5-3-1;/h1-2,10H;1-3H,4H2;/q;;+1/p-1. The van der Waals surface area contributed by atoms with Gasteiger partial charge in [0.1, 0.15) is 0 Å². The van der Waals surface area contributed by atoms with Crippen LogP contribution in [0, 0.1) is 30.3 Å². The maximum atomic E-state index is 11.1. The van der Waals surface area contributed by atoms with E-state index in [0.29, 0.717) is 12.1 Å². The molecule has 0 N–H and O–H groups in total. The number of hydrogen-bond donors (Lipinski definition) is 0. The molecule has 0 aromatic heterocycles. The van der Waals surface area contributed by atoms with Crippen LogP contribution < -0.4 is 5.11 Å². The van der Waals surface area contributed by atoms with Crippen molar-refractivity contribution in [3.05, 3.63) is 65.2 Å². The van der Waals surface area contributed by atoms with Gasteiger partial charge in [-0.2, -0.15) is 0 Å². The normalized spacial score (nSPS) is 12.1. The first-order valence-corrected chi connectivity index (χ1v) is 6.07. The first-order chi connectivity index (χ1) is 10.2. The van der Waals surface area contributed by atoms with Gasteiger partial charge in [0.2, 0.25) is 0 Å². The molecule has 0 saturated heterocycles. The zero-order valence-corrected chi connectivity index (χ0v) is 11.8. The van der Waals surface area contributed by atoms with Crippen LogP contribution >= 0.6 is 0 Å². The first kappa shape index (κ1) is 17.3. The van der Waals surface area contributed by atoms with Gasteiger partial charge < -0.3 is 5.11 Å². The number of hydrogen-bond acceptors (Lipinski definition) is 7. The minimum atomic E-state index is -1.46. The van der Waals surface area contributed by atoms with Crippen molar-refractivity contribution >= 4 is 17.1 Å². The van der Waals surface area contributed by atoms with Crippen molar-refractivity contribution in [3.8, 4) is 5.75 Å². The molecule has 0 saturated carbocycles. The summed E-state index contributed by atoms with van der Waals surface area (Å²) >= 11 is 3.74. The van der Waals surface area contributed by atoms with Gasteiger partial charge in [-0.3, -0.25) is 30.3 Å². The quantitative estimate of drug-likeness (QED) is 0.458. The van der Waals surface area contributed by atoms with Crippen molar-refractivity contribution in [3.63, 3.8) is 0 Å². The Morgan fingerprint density at radius 2 is 1.45 bits per heavy atom. The molecule has 0 unspecified atom stereocenters. The van der Waals surface area contributed by atoms with Gasteiger partial charge in [-0.05, 0) is 0 Å². The number of nitrogens with zero attached hydrogens (tertiary/aromatic N) is 3. The van der Waals surface area contributed by atoms with Gasteiger partial charge in [0.25, 0.3) is 17.1 Å². The molecule has 0 bridgehead atoms. The van der Waals surface area contributed by atoms with Crippen molar-refractivity contribution in [1.82, 2.24) is 0 Å². The van der Waals surface area contributed by atoms with Crippen molar-refractivity contribution < 1.29 is 35.9 Å². The number of nitro groups is 3. The van der Waals surface area contributed by atoms with Crippen molar-refractivity contribution in [2.45, 2.75) is 6.42 Å². The van der Waals surface area contributed by atoms with E-state index in [0.717, 1.165) is 6.42 Å². The molecule has 1 aromatic rings. The summed E-state index contributed by atoms with van der Waals surface area (Å²) in [5, 5.41) is 42.1. The van der Waals surface area contributed by atoms with E-state index in [-0.39, 0.29) is 0 Å². The van der Waals surface area contributed by atoms with Crippen LogP contribution in [-0.2, 0) is 16.0 Å². The second-order valence-electron chi connectivity index (χ2n) is 3.81. The Hall–Kier alpha value is -2.78. The predicted molar refractivity (Wildman–Crippen MR) is 67.7 cm³/mol. The van der Waals surface area contributed by atoms with Gasteiger partial charge in [-0.1, -0.05) is 0 Å². The molecular formula is C11H7FeN3O7. The fourth-order valence-corrected chi connectivity index (χ4v) is 1.61. The van der Waals surface area contributed by atoms with Crippen LogP contribution in [0.3, 0.4) is 0 Å². The fraction of sp³-hybridized carbons (Fsp3) is 0.0909. The topological polar surface area (TPSA) is 152 Å². The Bertz CT molecular complexity index is 664. The molecule has 1 aromatic carbocycles. The van der Waals surface area contributed by atoms with Crippen LogP contribution in [0.15, 0.2) is 34.8 Å². The van der Waals surface area contributed by atoms with Gasteiger partial charge in [0.15, 0.2) is 0 Å². The molecular weight excluding hydrogens is 342 g/mol. The molecule has 11 heteroatoms. The molecule has 1 aliphatic carbocycles. The van der Waals surface area contributed by atoms with E-state index in [2.05, 4.69) is 22.1 Å². The van der Waals surface area contributed by atoms with E-state index in [1.165, 1.54) is 4.47 Å². The Morgan fingerprint density at radius 1 is 0.955 bits per heavy atom. The zero-order chi connectivity index (χ0) is 16.9. The van der Waals surface area contributed by atoms with E-state index in [1.807, 2.05) is 12.2 Å². The van der Waals surface area contributed by atoms with E-state index in [4.69, 9.17) is 0 Å². The average molecular weight is 349 g/mol. The summed E-state index contributed by atoms with van der Waals surface area (Å²) in [4.78, 5) is 27.5. The van der Waals surface area contributed by atoms with Gasteiger partial charge in [0.05, 0.1) is 32.7 Å². The number of nitro benzene ring substituents is 3. The third-order valence-electron chi connectivity index (χ3n) is 2.36. The van der Waals surface area contributed by atoms with Crippen molar-refractivity contribution in [2.75, 3.05) is 0 Å². The second-order valence-corrected chi connectivity index (χ2v) is 4.52. The first-order valence-electron chi connectivity index (χ1n) is 5.52. The van der Waals surface area contributed by atoms with Gasteiger partial charge in [0, 0.05) is 0 Å². The van der Waals surface area contributed by atoms with Crippen LogP contribution in [0.25, 0.3) is 0 Å². The molecule has 0 aliphatic heterocycles. The minimum absolute atomic E-state index is 0.384. The van der Waals surface area contributed by atoms with E-state index < -0.39 is 37.6 Å². The van der Waals surface area contributed by atoms with Gasteiger partial charge >= 0.3 is 45.1 Å².